The van der Waals surface area contributed by atoms with Crippen molar-refractivity contribution in [2.45, 2.75) is 56.1 Å². The minimum absolute atomic E-state index is 0.0951. The SMILES string of the molecule is C[C@H](C(=O)NC1CCCCC1)[S@@](=O)Cc1cccc(Cl)c1. The van der Waals surface area contributed by atoms with Gasteiger partial charge in [-0.2, -0.15) is 0 Å². The van der Waals surface area contributed by atoms with E-state index in [9.17, 15) is 9.00 Å². The summed E-state index contributed by atoms with van der Waals surface area (Å²) in [4.78, 5) is 12.2. The zero-order valence-electron chi connectivity index (χ0n) is 12.3. The lowest BCUT2D eigenvalue weighted by Crippen LogP contribution is -2.42. The van der Waals surface area contributed by atoms with E-state index in [0.717, 1.165) is 18.4 Å². The van der Waals surface area contributed by atoms with Crippen molar-refractivity contribution in [3.63, 3.8) is 0 Å². The van der Waals surface area contributed by atoms with E-state index in [2.05, 4.69) is 5.32 Å². The summed E-state index contributed by atoms with van der Waals surface area (Å²) in [6, 6.07) is 7.56. The Bertz CT molecular complexity index is 515. The third kappa shape index (κ3) is 5.11. The number of benzene rings is 1. The molecule has 0 heterocycles. The molecule has 1 N–H and O–H groups in total. The minimum Gasteiger partial charge on any atom is -0.352 e. The molecule has 116 valence electrons. The van der Waals surface area contributed by atoms with Gasteiger partial charge in [0.2, 0.25) is 5.91 Å². The van der Waals surface area contributed by atoms with Crippen LogP contribution >= 0.6 is 11.6 Å². The normalized spacial score (nSPS) is 19.0. The van der Waals surface area contributed by atoms with E-state index in [-0.39, 0.29) is 11.9 Å². The monoisotopic (exact) mass is 327 g/mol. The second kappa shape index (κ2) is 7.95. The van der Waals surface area contributed by atoms with Gasteiger partial charge in [-0.3, -0.25) is 9.00 Å². The van der Waals surface area contributed by atoms with Crippen LogP contribution in [0.4, 0.5) is 0 Å². The highest BCUT2D eigenvalue weighted by molar-refractivity contribution is 7.85. The molecule has 1 saturated carbocycles. The molecule has 1 amide bonds. The number of nitrogens with one attached hydrogen (secondary N) is 1. The average molecular weight is 328 g/mol. The Morgan fingerprint density at radius 3 is 2.76 bits per heavy atom. The highest BCUT2D eigenvalue weighted by atomic mass is 35.5. The fraction of sp³-hybridized carbons (Fsp3) is 0.562. The molecule has 5 heteroatoms. The van der Waals surface area contributed by atoms with E-state index in [1.165, 1.54) is 19.3 Å². The number of halogens is 1. The van der Waals surface area contributed by atoms with Crippen molar-refractivity contribution in [1.29, 1.82) is 0 Å². The van der Waals surface area contributed by atoms with Crippen LogP contribution in [0, 0.1) is 0 Å². The molecule has 2 rings (SSSR count). The molecular formula is C16H22ClNO2S. The maximum atomic E-state index is 12.3. The van der Waals surface area contributed by atoms with Gasteiger partial charge in [-0.1, -0.05) is 43.0 Å². The lowest BCUT2D eigenvalue weighted by molar-refractivity contribution is -0.121. The molecule has 21 heavy (non-hydrogen) atoms. The molecule has 3 nitrogen and oxygen atoms in total. The number of carbonyl (C=O) groups is 1. The van der Waals surface area contributed by atoms with Gasteiger partial charge in [0.05, 0.1) is 0 Å². The summed E-state index contributed by atoms with van der Waals surface area (Å²) < 4.78 is 12.3. The smallest absolute Gasteiger partial charge is 0.235 e. The Morgan fingerprint density at radius 2 is 2.10 bits per heavy atom. The fourth-order valence-corrected chi connectivity index (χ4v) is 3.88. The van der Waals surface area contributed by atoms with Gasteiger partial charge in [0.25, 0.3) is 0 Å². The van der Waals surface area contributed by atoms with Crippen LogP contribution in [0.3, 0.4) is 0 Å². The maximum absolute atomic E-state index is 12.3. The first kappa shape index (κ1) is 16.5. The maximum Gasteiger partial charge on any atom is 0.235 e. The highest BCUT2D eigenvalue weighted by Crippen LogP contribution is 2.18. The van der Waals surface area contributed by atoms with Gasteiger partial charge in [0, 0.05) is 27.6 Å². The van der Waals surface area contributed by atoms with Crippen molar-refractivity contribution >= 4 is 28.3 Å². The number of hydrogen-bond acceptors (Lipinski definition) is 2. The molecule has 1 aromatic rings. The van der Waals surface area contributed by atoms with Gasteiger partial charge in [0.15, 0.2) is 0 Å². The quantitative estimate of drug-likeness (QED) is 0.900. The van der Waals surface area contributed by atoms with Crippen molar-refractivity contribution in [3.8, 4) is 0 Å². The Hall–Kier alpha value is -0.870. The topological polar surface area (TPSA) is 46.2 Å². The predicted molar refractivity (Wildman–Crippen MR) is 87.8 cm³/mol. The molecule has 2 atom stereocenters. The van der Waals surface area contributed by atoms with Crippen molar-refractivity contribution in [2.75, 3.05) is 0 Å². The molecule has 1 fully saturated rings. The van der Waals surface area contributed by atoms with Gasteiger partial charge in [0.1, 0.15) is 5.25 Å². The summed E-state index contributed by atoms with van der Waals surface area (Å²) in [6.45, 7) is 1.73. The Kier molecular flexibility index (Phi) is 6.24. The molecule has 0 aromatic heterocycles. The summed E-state index contributed by atoms with van der Waals surface area (Å²) in [5, 5.41) is 3.17. The first-order valence-corrected chi connectivity index (χ1v) is 9.24. The summed E-state index contributed by atoms with van der Waals surface area (Å²) in [5.41, 5.74) is 0.901. The molecule has 0 unspecified atom stereocenters. The molecule has 1 aliphatic carbocycles. The summed E-state index contributed by atoms with van der Waals surface area (Å²) in [7, 11) is -1.23. The average Bonchev–Trinajstić information content (AvgIpc) is 2.47. The van der Waals surface area contributed by atoms with E-state index in [0.29, 0.717) is 10.8 Å². The first-order valence-electron chi connectivity index (χ1n) is 7.48. The summed E-state index contributed by atoms with van der Waals surface area (Å²) >= 11 is 5.92. The largest absolute Gasteiger partial charge is 0.352 e. The first-order chi connectivity index (χ1) is 10.1. The molecule has 0 radical (unpaired) electrons. The van der Waals surface area contributed by atoms with Crippen LogP contribution in [-0.4, -0.2) is 21.4 Å². The number of hydrogen-bond donors (Lipinski definition) is 1. The van der Waals surface area contributed by atoms with Crippen LogP contribution in [0.1, 0.15) is 44.6 Å². The van der Waals surface area contributed by atoms with Crippen LogP contribution in [0.2, 0.25) is 5.02 Å². The van der Waals surface area contributed by atoms with Gasteiger partial charge in [-0.05, 0) is 37.5 Å². The van der Waals surface area contributed by atoms with Crippen molar-refractivity contribution in [2.24, 2.45) is 0 Å². The molecule has 1 aliphatic rings. The molecule has 1 aromatic carbocycles. The van der Waals surface area contributed by atoms with Crippen molar-refractivity contribution in [3.05, 3.63) is 34.9 Å². The number of rotatable bonds is 5. The number of carbonyl (C=O) groups excluding carboxylic acids is 1. The highest BCUT2D eigenvalue weighted by Gasteiger charge is 2.23. The van der Waals surface area contributed by atoms with Crippen LogP contribution in [0.25, 0.3) is 0 Å². The molecular weight excluding hydrogens is 306 g/mol. The van der Waals surface area contributed by atoms with Gasteiger partial charge >= 0.3 is 0 Å². The molecule has 0 spiro atoms. The fourth-order valence-electron chi connectivity index (χ4n) is 2.60. The van der Waals surface area contributed by atoms with Crippen molar-refractivity contribution in [1.82, 2.24) is 5.32 Å². The Labute approximate surface area is 133 Å². The van der Waals surface area contributed by atoms with Gasteiger partial charge < -0.3 is 5.32 Å². The molecule has 0 aliphatic heterocycles. The second-order valence-corrected chi connectivity index (χ2v) is 7.83. The minimum atomic E-state index is -1.23. The van der Waals surface area contributed by atoms with E-state index < -0.39 is 16.0 Å². The van der Waals surface area contributed by atoms with Gasteiger partial charge in [-0.15, -0.1) is 0 Å². The van der Waals surface area contributed by atoms with E-state index >= 15 is 0 Å². The summed E-state index contributed by atoms with van der Waals surface area (Å²) in [6.07, 6.45) is 5.68. The second-order valence-electron chi connectivity index (χ2n) is 5.64. The standard InChI is InChI=1S/C16H22ClNO2S/c1-12(16(19)18-15-8-3-2-4-9-15)21(20)11-13-6-5-7-14(17)10-13/h5-7,10,12,15H,2-4,8-9,11H2,1H3,(H,18,19)/t12-,21+/m1/s1. The number of amides is 1. The van der Waals surface area contributed by atoms with E-state index in [1.807, 2.05) is 12.1 Å². The van der Waals surface area contributed by atoms with Crippen molar-refractivity contribution < 1.29 is 9.00 Å². The molecule has 0 saturated heterocycles. The Morgan fingerprint density at radius 1 is 1.38 bits per heavy atom. The predicted octanol–water partition coefficient (Wildman–Crippen LogP) is 3.43. The van der Waals surface area contributed by atoms with Crippen LogP contribution in [0.5, 0.6) is 0 Å². The Balaban J connectivity index is 1.87. The zero-order valence-corrected chi connectivity index (χ0v) is 13.9. The molecule has 0 bridgehead atoms. The van der Waals surface area contributed by atoms with E-state index in [4.69, 9.17) is 11.6 Å². The zero-order chi connectivity index (χ0) is 15.2. The lowest BCUT2D eigenvalue weighted by atomic mass is 9.95. The third-order valence-corrected chi connectivity index (χ3v) is 5.77. The van der Waals surface area contributed by atoms with Crippen LogP contribution in [-0.2, 0) is 21.3 Å². The van der Waals surface area contributed by atoms with Crippen LogP contribution < -0.4 is 5.32 Å². The van der Waals surface area contributed by atoms with Gasteiger partial charge in [-0.25, -0.2) is 0 Å². The van der Waals surface area contributed by atoms with E-state index in [1.54, 1.807) is 19.1 Å². The van der Waals surface area contributed by atoms with Crippen LogP contribution in [0.15, 0.2) is 24.3 Å². The summed E-state index contributed by atoms with van der Waals surface area (Å²) in [5.74, 6) is 0.266. The lowest BCUT2D eigenvalue weighted by Gasteiger charge is -2.24. The third-order valence-electron chi connectivity index (χ3n) is 3.91.